The van der Waals surface area contributed by atoms with Crippen molar-refractivity contribution >= 4 is 40.8 Å². The molecule has 0 aliphatic heterocycles. The summed E-state index contributed by atoms with van der Waals surface area (Å²) in [4.78, 5) is 38.5. The van der Waals surface area contributed by atoms with Crippen molar-refractivity contribution in [2.24, 2.45) is 0 Å². The number of nitrogens with one attached hydrogen (secondary N) is 2. The zero-order valence-electron chi connectivity index (χ0n) is 12.5. The SMILES string of the molecule is CNC(=O)NC(=O)[C@@H](C)OC(=O)CSc1nc2ccccc2o1. The number of aromatic nitrogens is 1. The van der Waals surface area contributed by atoms with Crippen molar-refractivity contribution in [2.45, 2.75) is 18.3 Å². The molecule has 0 unspecified atom stereocenters. The van der Waals surface area contributed by atoms with E-state index in [0.29, 0.717) is 16.3 Å². The monoisotopic (exact) mass is 337 g/mol. The largest absolute Gasteiger partial charge is 0.452 e. The first-order chi connectivity index (χ1) is 11.0. The Kier molecular flexibility index (Phi) is 5.58. The first kappa shape index (κ1) is 16.8. The third-order valence-corrected chi connectivity index (χ3v) is 3.53. The van der Waals surface area contributed by atoms with Crippen LogP contribution in [0, 0.1) is 0 Å². The molecule has 0 aliphatic carbocycles. The number of hydrogen-bond acceptors (Lipinski definition) is 7. The van der Waals surface area contributed by atoms with E-state index in [0.717, 1.165) is 11.8 Å². The van der Waals surface area contributed by atoms with Crippen LogP contribution in [0.4, 0.5) is 4.79 Å². The summed E-state index contributed by atoms with van der Waals surface area (Å²) < 4.78 is 10.4. The number of nitrogens with zero attached hydrogens (tertiary/aromatic N) is 1. The number of ether oxygens (including phenoxy) is 1. The minimum atomic E-state index is -1.08. The fourth-order valence-electron chi connectivity index (χ4n) is 1.59. The zero-order chi connectivity index (χ0) is 16.8. The molecule has 0 radical (unpaired) electrons. The Hall–Kier alpha value is -2.55. The maximum Gasteiger partial charge on any atom is 0.321 e. The van der Waals surface area contributed by atoms with Gasteiger partial charge in [0.15, 0.2) is 11.7 Å². The number of carbonyl (C=O) groups is 3. The molecule has 0 fully saturated rings. The van der Waals surface area contributed by atoms with Crippen LogP contribution in [-0.4, -0.2) is 41.8 Å². The van der Waals surface area contributed by atoms with Gasteiger partial charge in [-0.2, -0.15) is 0 Å². The maximum atomic E-state index is 11.7. The van der Waals surface area contributed by atoms with Gasteiger partial charge in [0.1, 0.15) is 11.3 Å². The molecule has 3 amide bonds. The number of hydrogen-bond donors (Lipinski definition) is 2. The van der Waals surface area contributed by atoms with E-state index in [4.69, 9.17) is 9.15 Å². The fourth-order valence-corrected chi connectivity index (χ4v) is 2.22. The highest BCUT2D eigenvalue weighted by molar-refractivity contribution is 7.99. The number of benzene rings is 1. The number of rotatable bonds is 5. The summed E-state index contributed by atoms with van der Waals surface area (Å²) in [5.41, 5.74) is 1.32. The lowest BCUT2D eigenvalue weighted by atomic mass is 10.3. The minimum absolute atomic E-state index is 0.0651. The van der Waals surface area contributed by atoms with Crippen molar-refractivity contribution in [3.8, 4) is 0 Å². The predicted octanol–water partition coefficient (Wildman–Crippen LogP) is 1.31. The van der Waals surface area contributed by atoms with Gasteiger partial charge in [0.25, 0.3) is 11.1 Å². The lowest BCUT2D eigenvalue weighted by Gasteiger charge is -2.12. The van der Waals surface area contributed by atoms with E-state index < -0.39 is 24.0 Å². The number of oxazole rings is 1. The van der Waals surface area contributed by atoms with Crippen LogP contribution in [0.2, 0.25) is 0 Å². The molecule has 0 spiro atoms. The molecular weight excluding hydrogens is 322 g/mol. The molecule has 1 atom stereocenters. The van der Waals surface area contributed by atoms with Crippen molar-refractivity contribution in [3.63, 3.8) is 0 Å². The molecule has 2 N–H and O–H groups in total. The van der Waals surface area contributed by atoms with Crippen molar-refractivity contribution < 1.29 is 23.5 Å². The molecule has 1 aromatic carbocycles. The van der Waals surface area contributed by atoms with E-state index in [-0.39, 0.29) is 5.75 Å². The number of amides is 3. The molecule has 1 heterocycles. The molecule has 1 aromatic heterocycles. The Bertz CT molecular complexity index is 697. The number of carbonyl (C=O) groups excluding carboxylic acids is 3. The van der Waals surface area contributed by atoms with Crippen molar-refractivity contribution in [3.05, 3.63) is 24.3 Å². The highest BCUT2D eigenvalue weighted by Crippen LogP contribution is 2.23. The smallest absolute Gasteiger partial charge is 0.321 e. The quantitative estimate of drug-likeness (QED) is 0.625. The normalized spacial score (nSPS) is 11.7. The Morgan fingerprint density at radius 3 is 2.78 bits per heavy atom. The molecule has 0 aliphatic rings. The van der Waals surface area contributed by atoms with Crippen LogP contribution < -0.4 is 10.6 Å². The van der Waals surface area contributed by atoms with Gasteiger partial charge >= 0.3 is 12.0 Å². The van der Waals surface area contributed by atoms with Crippen molar-refractivity contribution in [1.82, 2.24) is 15.6 Å². The summed E-state index contributed by atoms with van der Waals surface area (Å²) in [5.74, 6) is -1.38. The highest BCUT2D eigenvalue weighted by Gasteiger charge is 2.20. The second-order valence-corrected chi connectivity index (χ2v) is 5.36. The van der Waals surface area contributed by atoms with E-state index >= 15 is 0 Å². The van der Waals surface area contributed by atoms with Gasteiger partial charge in [-0.25, -0.2) is 9.78 Å². The summed E-state index contributed by atoms with van der Waals surface area (Å²) in [7, 11) is 1.37. The van der Waals surface area contributed by atoms with Crippen molar-refractivity contribution in [1.29, 1.82) is 0 Å². The van der Waals surface area contributed by atoms with Gasteiger partial charge in [-0.1, -0.05) is 23.9 Å². The third-order valence-electron chi connectivity index (χ3n) is 2.73. The summed E-state index contributed by atoms with van der Waals surface area (Å²) >= 11 is 1.06. The number of esters is 1. The van der Waals surface area contributed by atoms with Gasteiger partial charge in [-0.05, 0) is 19.1 Å². The van der Waals surface area contributed by atoms with Crippen LogP contribution >= 0.6 is 11.8 Å². The second kappa shape index (κ2) is 7.63. The summed E-state index contributed by atoms with van der Waals surface area (Å²) in [6.45, 7) is 1.38. The van der Waals surface area contributed by atoms with E-state index in [1.165, 1.54) is 14.0 Å². The lowest BCUT2D eigenvalue weighted by molar-refractivity contribution is -0.151. The van der Waals surface area contributed by atoms with Gasteiger partial charge in [-0.3, -0.25) is 14.9 Å². The number of urea groups is 1. The highest BCUT2D eigenvalue weighted by atomic mass is 32.2. The number of fused-ring (bicyclic) bond motifs is 1. The Balaban J connectivity index is 1.82. The second-order valence-electron chi connectivity index (χ2n) is 4.44. The van der Waals surface area contributed by atoms with Crippen LogP contribution in [-0.2, 0) is 14.3 Å². The Labute approximate surface area is 136 Å². The molecule has 122 valence electrons. The molecule has 23 heavy (non-hydrogen) atoms. The topological polar surface area (TPSA) is 111 Å². The predicted molar refractivity (Wildman–Crippen MR) is 82.9 cm³/mol. The van der Waals surface area contributed by atoms with E-state index in [9.17, 15) is 14.4 Å². The maximum absolute atomic E-state index is 11.7. The van der Waals surface area contributed by atoms with Crippen molar-refractivity contribution in [2.75, 3.05) is 12.8 Å². The van der Waals surface area contributed by atoms with Crippen LogP contribution in [0.3, 0.4) is 0 Å². The van der Waals surface area contributed by atoms with Gasteiger partial charge < -0.3 is 14.5 Å². The number of para-hydroxylation sites is 2. The van der Waals surface area contributed by atoms with Crippen LogP contribution in [0.1, 0.15) is 6.92 Å². The first-order valence-electron chi connectivity index (χ1n) is 6.70. The first-order valence-corrected chi connectivity index (χ1v) is 7.68. The molecule has 2 aromatic rings. The molecule has 9 heteroatoms. The molecule has 0 saturated carbocycles. The van der Waals surface area contributed by atoms with Crippen LogP contribution in [0.25, 0.3) is 11.1 Å². The summed E-state index contributed by atoms with van der Waals surface area (Å²) in [6, 6.07) is 6.56. The van der Waals surface area contributed by atoms with Crippen LogP contribution in [0.5, 0.6) is 0 Å². The van der Waals surface area contributed by atoms with E-state index in [1.54, 1.807) is 12.1 Å². The number of imide groups is 1. The molecule has 2 rings (SSSR count). The molecular formula is C14H15N3O5S. The molecule has 8 nitrogen and oxygen atoms in total. The minimum Gasteiger partial charge on any atom is -0.452 e. The van der Waals surface area contributed by atoms with Gasteiger partial charge in [0.05, 0.1) is 0 Å². The lowest BCUT2D eigenvalue weighted by Crippen LogP contribution is -2.43. The van der Waals surface area contributed by atoms with Crippen LogP contribution in [0.15, 0.2) is 33.9 Å². The average Bonchev–Trinajstić information content (AvgIpc) is 2.95. The standard InChI is InChI=1S/C14H15N3O5S/c1-8(12(19)17-13(20)15-2)21-11(18)7-23-14-16-9-5-3-4-6-10(9)22-14/h3-6,8H,7H2,1-2H3,(H2,15,17,19,20)/t8-/m1/s1. The Morgan fingerprint density at radius 2 is 2.09 bits per heavy atom. The summed E-state index contributed by atoms with van der Waals surface area (Å²) in [6.07, 6.45) is -1.08. The van der Waals surface area contributed by atoms with Gasteiger partial charge in [0.2, 0.25) is 0 Å². The Morgan fingerprint density at radius 1 is 1.35 bits per heavy atom. The van der Waals surface area contributed by atoms with Gasteiger partial charge in [-0.15, -0.1) is 0 Å². The van der Waals surface area contributed by atoms with E-state index in [2.05, 4.69) is 10.3 Å². The summed E-state index contributed by atoms with van der Waals surface area (Å²) in [5, 5.41) is 4.59. The molecule has 0 saturated heterocycles. The molecule has 0 bridgehead atoms. The average molecular weight is 337 g/mol. The zero-order valence-corrected chi connectivity index (χ0v) is 13.3. The third kappa shape index (κ3) is 4.71. The number of thioether (sulfide) groups is 1. The van der Waals surface area contributed by atoms with Gasteiger partial charge in [0, 0.05) is 7.05 Å². The fraction of sp³-hybridized carbons (Fsp3) is 0.286. The van der Waals surface area contributed by atoms with E-state index in [1.807, 2.05) is 17.4 Å².